The van der Waals surface area contributed by atoms with Crippen molar-refractivity contribution in [2.75, 3.05) is 25.0 Å². The van der Waals surface area contributed by atoms with Crippen molar-refractivity contribution in [3.63, 3.8) is 0 Å². The number of rotatable bonds is 3. The van der Waals surface area contributed by atoms with Crippen LogP contribution in [0.15, 0.2) is 12.1 Å². The molecule has 116 valence electrons. The molecule has 0 aliphatic carbocycles. The molecule has 6 heteroatoms. The lowest BCUT2D eigenvalue weighted by molar-refractivity contribution is -0.118. The van der Waals surface area contributed by atoms with Crippen LogP contribution in [0.3, 0.4) is 0 Å². The third kappa shape index (κ3) is 4.10. The highest BCUT2D eigenvalue weighted by Gasteiger charge is 2.25. The molecule has 1 aliphatic rings. The minimum atomic E-state index is -0.273. The second-order valence-corrected chi connectivity index (χ2v) is 6.46. The summed E-state index contributed by atoms with van der Waals surface area (Å²) in [5.41, 5.74) is 1.33. The monoisotopic (exact) mass is 330 g/mol. The van der Waals surface area contributed by atoms with Gasteiger partial charge in [-0.25, -0.2) is 0 Å². The summed E-state index contributed by atoms with van der Waals surface area (Å²) in [6, 6.07) is 3.53. The van der Waals surface area contributed by atoms with E-state index in [1.165, 1.54) is 0 Å². The molecule has 0 bridgehead atoms. The maximum absolute atomic E-state index is 12.2. The topological polar surface area (TPSA) is 52.6 Å². The Labute approximate surface area is 135 Å². The van der Waals surface area contributed by atoms with Gasteiger partial charge in [0, 0.05) is 13.1 Å². The molecule has 2 rings (SSSR count). The van der Waals surface area contributed by atoms with Crippen molar-refractivity contribution in [2.45, 2.75) is 26.4 Å². The molecule has 0 saturated carbocycles. The van der Waals surface area contributed by atoms with Crippen LogP contribution in [-0.4, -0.2) is 41.7 Å². The second-order valence-electron chi connectivity index (χ2n) is 5.67. The van der Waals surface area contributed by atoms with Crippen LogP contribution >= 0.6 is 23.2 Å². The quantitative estimate of drug-likeness (QED) is 0.895. The number of hydrogen-bond acceptors (Lipinski definition) is 3. The van der Waals surface area contributed by atoms with Crippen LogP contribution in [0.25, 0.3) is 0 Å². The van der Waals surface area contributed by atoms with Gasteiger partial charge in [-0.05, 0) is 30.9 Å². The summed E-state index contributed by atoms with van der Waals surface area (Å²) in [6.45, 7) is 5.56. The molecule has 2 atom stereocenters. The third-order valence-corrected chi connectivity index (χ3v) is 4.66. The van der Waals surface area contributed by atoms with E-state index >= 15 is 0 Å². The van der Waals surface area contributed by atoms with E-state index in [1.807, 2.05) is 24.8 Å². The highest BCUT2D eigenvalue weighted by atomic mass is 35.5. The Morgan fingerprint density at radius 2 is 2.19 bits per heavy atom. The van der Waals surface area contributed by atoms with Crippen molar-refractivity contribution >= 4 is 34.8 Å². The van der Waals surface area contributed by atoms with Crippen LogP contribution in [0, 0.1) is 12.8 Å². The van der Waals surface area contributed by atoms with Crippen LogP contribution in [0.2, 0.25) is 10.0 Å². The van der Waals surface area contributed by atoms with E-state index < -0.39 is 0 Å². The number of carbonyl (C=O) groups is 1. The molecule has 0 aromatic heterocycles. The molecule has 21 heavy (non-hydrogen) atoms. The van der Waals surface area contributed by atoms with Gasteiger partial charge in [-0.2, -0.15) is 0 Å². The summed E-state index contributed by atoms with van der Waals surface area (Å²) >= 11 is 12.3. The predicted molar refractivity (Wildman–Crippen MR) is 86.1 cm³/mol. The lowest BCUT2D eigenvalue weighted by Crippen LogP contribution is -2.45. The fourth-order valence-corrected chi connectivity index (χ4v) is 2.98. The highest BCUT2D eigenvalue weighted by molar-refractivity contribution is 6.40. The molecule has 4 nitrogen and oxygen atoms in total. The van der Waals surface area contributed by atoms with Gasteiger partial charge in [0.05, 0.1) is 28.4 Å². The number of carbonyl (C=O) groups excluding carboxylic acids is 1. The van der Waals surface area contributed by atoms with Gasteiger partial charge < -0.3 is 10.4 Å². The molecule has 1 fully saturated rings. The number of hydrogen-bond donors (Lipinski definition) is 2. The molecule has 1 aliphatic heterocycles. The smallest absolute Gasteiger partial charge is 0.238 e. The normalized spacial score (nSPS) is 23.1. The number of halogens is 2. The molecular weight excluding hydrogens is 311 g/mol. The van der Waals surface area contributed by atoms with Crippen LogP contribution in [-0.2, 0) is 4.79 Å². The Morgan fingerprint density at radius 1 is 1.48 bits per heavy atom. The lowest BCUT2D eigenvalue weighted by atomic mass is 9.97. The minimum Gasteiger partial charge on any atom is -0.393 e. The first-order valence-electron chi connectivity index (χ1n) is 7.03. The van der Waals surface area contributed by atoms with Gasteiger partial charge in [-0.1, -0.05) is 36.2 Å². The van der Waals surface area contributed by atoms with E-state index in [0.717, 1.165) is 5.56 Å². The average molecular weight is 331 g/mol. The first kappa shape index (κ1) is 16.6. The van der Waals surface area contributed by atoms with E-state index in [4.69, 9.17) is 23.2 Å². The van der Waals surface area contributed by atoms with Crippen molar-refractivity contribution in [3.05, 3.63) is 27.7 Å². The van der Waals surface area contributed by atoms with Crippen LogP contribution in [0.1, 0.15) is 18.9 Å². The number of aryl methyl sites for hydroxylation is 1. The third-order valence-electron chi connectivity index (χ3n) is 3.86. The van der Waals surface area contributed by atoms with E-state index in [9.17, 15) is 9.90 Å². The van der Waals surface area contributed by atoms with Gasteiger partial charge in [-0.3, -0.25) is 9.69 Å². The highest BCUT2D eigenvalue weighted by Crippen LogP contribution is 2.32. The molecule has 1 aromatic rings. The van der Waals surface area contributed by atoms with Crippen molar-refractivity contribution in [1.82, 2.24) is 4.90 Å². The second kappa shape index (κ2) is 6.97. The largest absolute Gasteiger partial charge is 0.393 e. The minimum absolute atomic E-state index is 0.145. The number of piperidine rings is 1. The molecule has 1 heterocycles. The predicted octanol–water partition coefficient (Wildman–Crippen LogP) is 2.94. The molecule has 1 aromatic carbocycles. The van der Waals surface area contributed by atoms with Gasteiger partial charge in [0.15, 0.2) is 0 Å². The molecule has 0 radical (unpaired) electrons. The number of nitrogens with zero attached hydrogens (tertiary/aromatic N) is 1. The number of aliphatic hydroxyl groups excluding tert-OH is 1. The first-order valence-corrected chi connectivity index (χ1v) is 7.79. The van der Waals surface area contributed by atoms with Crippen molar-refractivity contribution in [3.8, 4) is 0 Å². The number of benzene rings is 1. The van der Waals surface area contributed by atoms with Crippen LogP contribution in [0.5, 0.6) is 0 Å². The van der Waals surface area contributed by atoms with Crippen LogP contribution in [0.4, 0.5) is 5.69 Å². The molecule has 1 amide bonds. The van der Waals surface area contributed by atoms with Crippen molar-refractivity contribution < 1.29 is 9.90 Å². The lowest BCUT2D eigenvalue weighted by Gasteiger charge is -2.33. The zero-order valence-corrected chi connectivity index (χ0v) is 13.7. The number of anilines is 1. The molecular formula is C15H20Cl2N2O2. The molecule has 2 unspecified atom stereocenters. The Bertz CT molecular complexity index is 537. The Morgan fingerprint density at radius 3 is 2.86 bits per heavy atom. The van der Waals surface area contributed by atoms with E-state index in [2.05, 4.69) is 5.32 Å². The molecule has 0 spiro atoms. The fourth-order valence-electron chi connectivity index (χ4n) is 2.52. The van der Waals surface area contributed by atoms with Gasteiger partial charge in [0.25, 0.3) is 0 Å². The number of nitrogens with one attached hydrogen (secondary N) is 1. The molecule has 1 saturated heterocycles. The van der Waals surface area contributed by atoms with E-state index in [-0.39, 0.29) is 24.5 Å². The van der Waals surface area contributed by atoms with E-state index in [1.54, 1.807) is 6.07 Å². The summed E-state index contributed by atoms with van der Waals surface area (Å²) in [4.78, 5) is 14.2. The maximum atomic E-state index is 12.2. The summed E-state index contributed by atoms with van der Waals surface area (Å²) in [5, 5.41) is 13.4. The standard InChI is InChI=1S/C15H20Cl2N2O2/c1-9-3-4-11(16)15(14(9)17)18-13(21)8-19-6-5-12(20)10(2)7-19/h3-4,10,12,20H,5-8H2,1-2H3,(H,18,21). The van der Waals surface area contributed by atoms with E-state index in [0.29, 0.717) is 35.2 Å². The van der Waals surface area contributed by atoms with Crippen molar-refractivity contribution in [2.24, 2.45) is 5.92 Å². The van der Waals surface area contributed by atoms with Crippen molar-refractivity contribution in [1.29, 1.82) is 0 Å². The van der Waals surface area contributed by atoms with Gasteiger partial charge >= 0.3 is 0 Å². The van der Waals surface area contributed by atoms with Gasteiger partial charge in [0.2, 0.25) is 5.91 Å². The summed E-state index contributed by atoms with van der Waals surface area (Å²) < 4.78 is 0. The fraction of sp³-hybridized carbons (Fsp3) is 0.533. The zero-order chi connectivity index (χ0) is 15.6. The van der Waals surface area contributed by atoms with Crippen LogP contribution < -0.4 is 5.32 Å². The maximum Gasteiger partial charge on any atom is 0.238 e. The summed E-state index contributed by atoms with van der Waals surface area (Å²) in [5.74, 6) is 0.0330. The number of amides is 1. The Balaban J connectivity index is 1.98. The van der Waals surface area contributed by atoms with Gasteiger partial charge in [0.1, 0.15) is 0 Å². The number of likely N-dealkylation sites (tertiary alicyclic amines) is 1. The van der Waals surface area contributed by atoms with Gasteiger partial charge in [-0.15, -0.1) is 0 Å². The molecule has 2 N–H and O–H groups in total. The SMILES string of the molecule is Cc1ccc(Cl)c(NC(=O)CN2CCC(O)C(C)C2)c1Cl. The Kier molecular flexibility index (Phi) is 5.49. The first-order chi connectivity index (χ1) is 9.88. The number of aliphatic hydroxyl groups is 1. The summed E-state index contributed by atoms with van der Waals surface area (Å²) in [7, 11) is 0. The Hall–Kier alpha value is -0.810. The average Bonchev–Trinajstić information content (AvgIpc) is 2.43. The summed E-state index contributed by atoms with van der Waals surface area (Å²) in [6.07, 6.45) is 0.422. The zero-order valence-electron chi connectivity index (χ0n) is 12.2.